The summed E-state index contributed by atoms with van der Waals surface area (Å²) in [4.78, 5) is 10.6. The first-order chi connectivity index (χ1) is 5.79. The number of hydrogen-bond acceptors (Lipinski definition) is 2. The molecule has 0 spiro atoms. The minimum absolute atomic E-state index is 0.286. The summed E-state index contributed by atoms with van der Waals surface area (Å²) in [7, 11) is 0. The van der Waals surface area contributed by atoms with Crippen molar-refractivity contribution in [3.8, 4) is 0 Å². The fraction of sp³-hybridized carbons (Fsp3) is 0.100. The molecular formula is C10H11NO. The predicted octanol–water partition coefficient (Wildman–Crippen LogP) is 1.74. The van der Waals surface area contributed by atoms with Crippen LogP contribution in [0.2, 0.25) is 0 Å². The molecule has 62 valence electrons. The Morgan fingerprint density at radius 3 is 2.58 bits per heavy atom. The zero-order chi connectivity index (χ0) is 8.97. The zero-order valence-electron chi connectivity index (χ0n) is 6.73. The van der Waals surface area contributed by atoms with Crippen LogP contribution in [0.4, 0.5) is 5.69 Å². The molecule has 1 aromatic rings. The lowest BCUT2D eigenvalue weighted by molar-refractivity contribution is -0.108. The van der Waals surface area contributed by atoms with E-state index in [9.17, 15) is 4.79 Å². The number of nitrogens with two attached hydrogens (primary N) is 1. The highest BCUT2D eigenvalue weighted by Crippen LogP contribution is 2.20. The normalized spacial score (nSPS) is 12.0. The van der Waals surface area contributed by atoms with Gasteiger partial charge in [-0.2, -0.15) is 0 Å². The van der Waals surface area contributed by atoms with E-state index in [0.717, 1.165) is 11.8 Å². The summed E-state index contributed by atoms with van der Waals surface area (Å²) in [6, 6.07) is 7.29. The van der Waals surface area contributed by atoms with Crippen molar-refractivity contribution >= 4 is 12.0 Å². The largest absolute Gasteiger partial charge is 0.398 e. The number of para-hydroxylation sites is 1. The number of benzene rings is 1. The molecule has 1 rings (SSSR count). The molecule has 0 amide bonds. The Labute approximate surface area is 71.7 Å². The van der Waals surface area contributed by atoms with Gasteiger partial charge in [-0.1, -0.05) is 24.3 Å². The fourth-order valence-electron chi connectivity index (χ4n) is 1.07. The monoisotopic (exact) mass is 161 g/mol. The van der Waals surface area contributed by atoms with Crippen molar-refractivity contribution < 1.29 is 4.79 Å². The first-order valence-corrected chi connectivity index (χ1v) is 3.72. The van der Waals surface area contributed by atoms with Crippen molar-refractivity contribution in [2.24, 2.45) is 0 Å². The maximum atomic E-state index is 10.6. The maximum Gasteiger partial charge on any atom is 0.131 e. The van der Waals surface area contributed by atoms with Crippen molar-refractivity contribution in [3.63, 3.8) is 0 Å². The summed E-state index contributed by atoms with van der Waals surface area (Å²) >= 11 is 0. The lowest BCUT2D eigenvalue weighted by Gasteiger charge is -2.07. The molecule has 2 heteroatoms. The van der Waals surface area contributed by atoms with E-state index in [1.165, 1.54) is 0 Å². The number of anilines is 1. The van der Waals surface area contributed by atoms with E-state index >= 15 is 0 Å². The summed E-state index contributed by atoms with van der Waals surface area (Å²) in [6.45, 7) is 3.56. The van der Waals surface area contributed by atoms with Gasteiger partial charge in [0.1, 0.15) is 6.29 Å². The van der Waals surface area contributed by atoms with E-state index in [-0.39, 0.29) is 5.92 Å². The standard InChI is InChI=1S/C10H11NO/c1-2-8(7-12)9-5-3-4-6-10(9)11/h2-8H,1,11H2. The molecule has 0 saturated carbocycles. The van der Waals surface area contributed by atoms with Gasteiger partial charge in [0.05, 0.1) is 5.92 Å². The van der Waals surface area contributed by atoms with Crippen LogP contribution in [0.5, 0.6) is 0 Å². The summed E-state index contributed by atoms with van der Waals surface area (Å²) in [5.41, 5.74) is 7.12. The van der Waals surface area contributed by atoms with Gasteiger partial charge in [-0.3, -0.25) is 0 Å². The number of rotatable bonds is 3. The van der Waals surface area contributed by atoms with E-state index < -0.39 is 0 Å². The van der Waals surface area contributed by atoms with E-state index in [1.807, 2.05) is 18.2 Å². The summed E-state index contributed by atoms with van der Waals surface area (Å²) in [5.74, 6) is -0.286. The van der Waals surface area contributed by atoms with Gasteiger partial charge in [0.15, 0.2) is 0 Å². The van der Waals surface area contributed by atoms with Crippen LogP contribution in [0.3, 0.4) is 0 Å². The third-order valence-corrected chi connectivity index (χ3v) is 1.76. The highest BCUT2D eigenvalue weighted by molar-refractivity contribution is 5.69. The Morgan fingerprint density at radius 1 is 1.42 bits per heavy atom. The molecule has 12 heavy (non-hydrogen) atoms. The Morgan fingerprint density at radius 2 is 2.08 bits per heavy atom. The van der Waals surface area contributed by atoms with Crippen LogP contribution in [-0.2, 0) is 4.79 Å². The lowest BCUT2D eigenvalue weighted by atomic mass is 9.99. The molecule has 0 radical (unpaired) electrons. The van der Waals surface area contributed by atoms with Crippen LogP contribution >= 0.6 is 0 Å². The first kappa shape index (κ1) is 8.53. The third-order valence-electron chi connectivity index (χ3n) is 1.76. The van der Waals surface area contributed by atoms with Crippen molar-refractivity contribution in [1.82, 2.24) is 0 Å². The van der Waals surface area contributed by atoms with Crippen LogP contribution in [0, 0.1) is 0 Å². The van der Waals surface area contributed by atoms with Crippen LogP contribution in [0.15, 0.2) is 36.9 Å². The molecule has 2 nitrogen and oxygen atoms in total. The fourth-order valence-corrected chi connectivity index (χ4v) is 1.07. The molecule has 1 unspecified atom stereocenters. The van der Waals surface area contributed by atoms with Crippen molar-refractivity contribution in [1.29, 1.82) is 0 Å². The van der Waals surface area contributed by atoms with E-state index in [1.54, 1.807) is 12.1 Å². The minimum Gasteiger partial charge on any atom is -0.398 e. The quantitative estimate of drug-likeness (QED) is 0.417. The van der Waals surface area contributed by atoms with Gasteiger partial charge in [0, 0.05) is 5.69 Å². The highest BCUT2D eigenvalue weighted by atomic mass is 16.1. The average Bonchev–Trinajstić information content (AvgIpc) is 2.10. The third kappa shape index (κ3) is 1.53. The molecule has 0 aliphatic heterocycles. The van der Waals surface area contributed by atoms with Gasteiger partial charge in [-0.15, -0.1) is 6.58 Å². The second-order valence-electron chi connectivity index (χ2n) is 2.53. The van der Waals surface area contributed by atoms with Crippen molar-refractivity contribution in [2.45, 2.75) is 5.92 Å². The average molecular weight is 161 g/mol. The molecule has 0 aromatic heterocycles. The topological polar surface area (TPSA) is 43.1 Å². The van der Waals surface area contributed by atoms with Gasteiger partial charge in [0.25, 0.3) is 0 Å². The number of carbonyl (C=O) groups is 1. The van der Waals surface area contributed by atoms with Crippen LogP contribution in [-0.4, -0.2) is 6.29 Å². The van der Waals surface area contributed by atoms with Gasteiger partial charge >= 0.3 is 0 Å². The van der Waals surface area contributed by atoms with Gasteiger partial charge in [-0.05, 0) is 11.6 Å². The number of allylic oxidation sites excluding steroid dienone is 1. The molecule has 0 bridgehead atoms. The van der Waals surface area contributed by atoms with Gasteiger partial charge in [0.2, 0.25) is 0 Å². The lowest BCUT2D eigenvalue weighted by Crippen LogP contribution is -2.00. The van der Waals surface area contributed by atoms with Gasteiger partial charge in [-0.25, -0.2) is 0 Å². The Balaban J connectivity index is 3.08. The number of hydrogen-bond donors (Lipinski definition) is 1. The summed E-state index contributed by atoms with van der Waals surface area (Å²) < 4.78 is 0. The van der Waals surface area contributed by atoms with Crippen LogP contribution in [0.1, 0.15) is 11.5 Å². The van der Waals surface area contributed by atoms with Gasteiger partial charge < -0.3 is 10.5 Å². The first-order valence-electron chi connectivity index (χ1n) is 3.72. The summed E-state index contributed by atoms with van der Waals surface area (Å²) in [6.07, 6.45) is 2.41. The van der Waals surface area contributed by atoms with Crippen molar-refractivity contribution in [2.75, 3.05) is 5.73 Å². The number of carbonyl (C=O) groups excluding carboxylic acids is 1. The SMILES string of the molecule is C=CC(C=O)c1ccccc1N. The van der Waals surface area contributed by atoms with Crippen molar-refractivity contribution in [3.05, 3.63) is 42.5 Å². The minimum atomic E-state index is -0.286. The molecule has 1 aromatic carbocycles. The molecule has 1 atom stereocenters. The molecule has 0 fully saturated rings. The molecule has 2 N–H and O–H groups in total. The van der Waals surface area contributed by atoms with Crippen LogP contribution in [0.25, 0.3) is 0 Å². The van der Waals surface area contributed by atoms with E-state index in [0.29, 0.717) is 5.69 Å². The molecule has 0 aliphatic carbocycles. The second-order valence-corrected chi connectivity index (χ2v) is 2.53. The van der Waals surface area contributed by atoms with Crippen LogP contribution < -0.4 is 5.73 Å². The zero-order valence-corrected chi connectivity index (χ0v) is 6.73. The molecule has 0 saturated heterocycles. The predicted molar refractivity (Wildman–Crippen MR) is 49.9 cm³/mol. The second kappa shape index (κ2) is 3.72. The highest BCUT2D eigenvalue weighted by Gasteiger charge is 2.07. The maximum absolute atomic E-state index is 10.6. The molecule has 0 aliphatic rings. The molecule has 0 heterocycles. The summed E-state index contributed by atoms with van der Waals surface area (Å²) in [5, 5.41) is 0. The Bertz CT molecular complexity index is 286. The Hall–Kier alpha value is -1.57. The Kier molecular flexibility index (Phi) is 2.64. The number of aldehydes is 1. The van der Waals surface area contributed by atoms with E-state index in [4.69, 9.17) is 5.73 Å². The smallest absolute Gasteiger partial charge is 0.131 e. The number of nitrogen functional groups attached to an aromatic ring is 1. The van der Waals surface area contributed by atoms with E-state index in [2.05, 4.69) is 6.58 Å². The molecular weight excluding hydrogens is 150 g/mol.